The molecule has 0 N–H and O–H groups in total. The molecule has 0 saturated carbocycles. The molecule has 3 aromatic heterocycles. The fraction of sp³-hybridized carbons (Fsp3) is 0.353. The second kappa shape index (κ2) is 6.46. The van der Waals surface area contributed by atoms with E-state index < -0.39 is 0 Å². The van der Waals surface area contributed by atoms with E-state index in [9.17, 15) is 4.79 Å². The maximum absolute atomic E-state index is 12.7. The lowest BCUT2D eigenvalue weighted by molar-refractivity contribution is 0.0712. The number of likely N-dealkylation sites (tertiary alicyclic amines) is 1. The number of carbonyl (C=O) groups is 1. The lowest BCUT2D eigenvalue weighted by Gasteiger charge is -2.31. The van der Waals surface area contributed by atoms with Crippen molar-refractivity contribution >= 4 is 5.91 Å². The molecule has 4 heterocycles. The molecular weight excluding hydrogens is 318 g/mol. The molecule has 0 aromatic carbocycles. The number of aromatic nitrogens is 6. The Morgan fingerprint density at radius 1 is 1.16 bits per heavy atom. The van der Waals surface area contributed by atoms with E-state index in [1.807, 2.05) is 22.8 Å². The number of aryl methyl sites for hydroxylation is 1. The van der Waals surface area contributed by atoms with Crippen molar-refractivity contribution in [2.24, 2.45) is 7.05 Å². The molecule has 1 amide bonds. The summed E-state index contributed by atoms with van der Waals surface area (Å²) in [6.45, 7) is 1.51. The van der Waals surface area contributed by atoms with E-state index in [0.29, 0.717) is 17.3 Å². The third-order valence-corrected chi connectivity index (χ3v) is 4.63. The summed E-state index contributed by atoms with van der Waals surface area (Å²) in [6, 6.07) is 3.57. The zero-order chi connectivity index (χ0) is 17.2. The average molecular weight is 337 g/mol. The summed E-state index contributed by atoms with van der Waals surface area (Å²) in [5.41, 5.74) is 1.86. The Bertz CT molecular complexity index is 846. The third kappa shape index (κ3) is 3.15. The van der Waals surface area contributed by atoms with Gasteiger partial charge in [0.1, 0.15) is 12.7 Å². The van der Waals surface area contributed by atoms with Gasteiger partial charge in [-0.25, -0.2) is 14.6 Å². The smallest absolute Gasteiger partial charge is 0.255 e. The highest BCUT2D eigenvalue weighted by Crippen LogP contribution is 2.28. The predicted octanol–water partition coefficient (Wildman–Crippen LogP) is 1.42. The van der Waals surface area contributed by atoms with Gasteiger partial charge in [-0.2, -0.15) is 10.2 Å². The van der Waals surface area contributed by atoms with Crippen molar-refractivity contribution in [2.75, 3.05) is 13.1 Å². The maximum Gasteiger partial charge on any atom is 0.255 e. The molecule has 3 aromatic rings. The van der Waals surface area contributed by atoms with Gasteiger partial charge in [0.05, 0.1) is 11.8 Å². The van der Waals surface area contributed by atoms with Gasteiger partial charge in [0.15, 0.2) is 5.82 Å². The molecule has 8 nitrogen and oxygen atoms in total. The quantitative estimate of drug-likeness (QED) is 0.722. The van der Waals surface area contributed by atoms with E-state index >= 15 is 0 Å². The Morgan fingerprint density at radius 2 is 2.00 bits per heavy atom. The molecule has 1 saturated heterocycles. The first-order valence-corrected chi connectivity index (χ1v) is 8.29. The average Bonchev–Trinajstić information content (AvgIpc) is 3.33. The Labute approximate surface area is 145 Å². The fourth-order valence-corrected chi connectivity index (χ4v) is 3.22. The maximum atomic E-state index is 12.7. The Balaban J connectivity index is 1.40. The van der Waals surface area contributed by atoms with Crippen LogP contribution in [0.5, 0.6) is 0 Å². The largest absolute Gasteiger partial charge is 0.339 e. The van der Waals surface area contributed by atoms with Crippen LogP contribution in [-0.2, 0) is 7.05 Å². The summed E-state index contributed by atoms with van der Waals surface area (Å²) in [5, 5.41) is 8.27. The van der Waals surface area contributed by atoms with Crippen LogP contribution in [0, 0.1) is 0 Å². The van der Waals surface area contributed by atoms with Crippen molar-refractivity contribution in [3.63, 3.8) is 0 Å². The predicted molar refractivity (Wildman–Crippen MR) is 90.2 cm³/mol. The summed E-state index contributed by atoms with van der Waals surface area (Å²) >= 11 is 0. The van der Waals surface area contributed by atoms with Crippen molar-refractivity contribution in [1.29, 1.82) is 0 Å². The van der Waals surface area contributed by atoms with Gasteiger partial charge in [-0.1, -0.05) is 0 Å². The van der Waals surface area contributed by atoms with E-state index in [2.05, 4.69) is 26.4 Å². The number of piperidine rings is 1. The SMILES string of the molecule is Cn1cc(C2CCN(C(=O)c3ccc(-n4cncn4)nc3)CC2)cn1. The third-order valence-electron chi connectivity index (χ3n) is 4.63. The molecule has 0 spiro atoms. The van der Waals surface area contributed by atoms with Gasteiger partial charge >= 0.3 is 0 Å². The van der Waals surface area contributed by atoms with Crippen molar-refractivity contribution < 1.29 is 4.79 Å². The van der Waals surface area contributed by atoms with E-state index in [-0.39, 0.29) is 5.91 Å². The fourth-order valence-electron chi connectivity index (χ4n) is 3.22. The molecule has 25 heavy (non-hydrogen) atoms. The number of nitrogens with zero attached hydrogens (tertiary/aromatic N) is 7. The molecular formula is C17H19N7O. The Morgan fingerprint density at radius 3 is 2.60 bits per heavy atom. The van der Waals surface area contributed by atoms with E-state index in [4.69, 9.17) is 0 Å². The molecule has 0 bridgehead atoms. The van der Waals surface area contributed by atoms with Crippen molar-refractivity contribution in [3.8, 4) is 5.82 Å². The summed E-state index contributed by atoms with van der Waals surface area (Å²) in [4.78, 5) is 22.8. The number of pyridine rings is 1. The standard InChI is InChI=1S/C17H19N7O/c1-22-10-15(9-20-22)13-4-6-23(7-5-13)17(25)14-2-3-16(19-8-14)24-12-18-11-21-24/h2-3,8-13H,4-7H2,1H3. The van der Waals surface area contributed by atoms with Crippen molar-refractivity contribution in [3.05, 3.63) is 54.5 Å². The van der Waals surface area contributed by atoms with E-state index in [1.165, 1.54) is 11.9 Å². The van der Waals surface area contributed by atoms with Crippen LogP contribution in [0.4, 0.5) is 0 Å². The normalized spacial score (nSPS) is 15.5. The van der Waals surface area contributed by atoms with Crippen molar-refractivity contribution in [1.82, 2.24) is 34.4 Å². The van der Waals surface area contributed by atoms with Crippen LogP contribution in [0.1, 0.15) is 34.7 Å². The van der Waals surface area contributed by atoms with Crippen LogP contribution in [0.3, 0.4) is 0 Å². The minimum atomic E-state index is 0.0299. The topological polar surface area (TPSA) is 81.7 Å². The van der Waals surface area contributed by atoms with Crippen molar-refractivity contribution in [2.45, 2.75) is 18.8 Å². The first-order chi connectivity index (χ1) is 12.2. The number of hydrogen-bond donors (Lipinski definition) is 0. The summed E-state index contributed by atoms with van der Waals surface area (Å²) in [6.07, 6.45) is 10.5. The first-order valence-electron chi connectivity index (χ1n) is 8.29. The summed E-state index contributed by atoms with van der Waals surface area (Å²) in [5.74, 6) is 1.15. The minimum Gasteiger partial charge on any atom is -0.339 e. The number of hydrogen-bond acceptors (Lipinski definition) is 5. The zero-order valence-electron chi connectivity index (χ0n) is 14.0. The van der Waals surface area contributed by atoms with Gasteiger partial charge < -0.3 is 4.90 Å². The van der Waals surface area contributed by atoms with Crippen LogP contribution >= 0.6 is 0 Å². The molecule has 0 atom stereocenters. The minimum absolute atomic E-state index is 0.0299. The van der Waals surface area contributed by atoms with E-state index in [1.54, 1.807) is 29.3 Å². The molecule has 1 aliphatic heterocycles. The van der Waals surface area contributed by atoms with Gasteiger partial charge in [-0.3, -0.25) is 9.48 Å². The molecule has 1 fully saturated rings. The summed E-state index contributed by atoms with van der Waals surface area (Å²) in [7, 11) is 1.93. The number of amides is 1. The zero-order valence-corrected chi connectivity index (χ0v) is 14.0. The monoisotopic (exact) mass is 337 g/mol. The van der Waals surface area contributed by atoms with Crippen LogP contribution < -0.4 is 0 Å². The van der Waals surface area contributed by atoms with Crippen LogP contribution in [0.2, 0.25) is 0 Å². The van der Waals surface area contributed by atoms with Crippen LogP contribution in [-0.4, -0.2) is 53.4 Å². The highest BCUT2D eigenvalue weighted by molar-refractivity contribution is 5.94. The van der Waals surface area contributed by atoms with Gasteiger partial charge in [-0.05, 0) is 36.5 Å². The molecule has 128 valence electrons. The van der Waals surface area contributed by atoms with E-state index in [0.717, 1.165) is 25.9 Å². The van der Waals surface area contributed by atoms with Crippen LogP contribution in [0.15, 0.2) is 43.4 Å². The molecule has 0 radical (unpaired) electrons. The lowest BCUT2D eigenvalue weighted by atomic mass is 9.91. The van der Waals surface area contributed by atoms with Gasteiger partial charge in [0, 0.05) is 32.5 Å². The molecule has 0 unspecified atom stereocenters. The van der Waals surface area contributed by atoms with Gasteiger partial charge in [0.25, 0.3) is 5.91 Å². The first kappa shape index (κ1) is 15.5. The molecule has 4 rings (SSSR count). The van der Waals surface area contributed by atoms with Crippen LogP contribution in [0.25, 0.3) is 5.82 Å². The molecule has 8 heteroatoms. The second-order valence-corrected chi connectivity index (χ2v) is 6.26. The van der Waals surface area contributed by atoms with Gasteiger partial charge in [-0.15, -0.1) is 0 Å². The molecule has 0 aliphatic carbocycles. The highest BCUT2D eigenvalue weighted by Gasteiger charge is 2.25. The van der Waals surface area contributed by atoms with Gasteiger partial charge in [0.2, 0.25) is 0 Å². The molecule has 1 aliphatic rings. The highest BCUT2D eigenvalue weighted by atomic mass is 16.2. The lowest BCUT2D eigenvalue weighted by Crippen LogP contribution is -2.37. The summed E-state index contributed by atoms with van der Waals surface area (Å²) < 4.78 is 3.39. The number of carbonyl (C=O) groups excluding carboxylic acids is 1. The second-order valence-electron chi connectivity index (χ2n) is 6.26. The number of rotatable bonds is 3. The Kier molecular flexibility index (Phi) is 4.01. The Hall–Kier alpha value is -3.03.